The molecule has 2 aromatic rings. The number of nitrogens with zero attached hydrogens (tertiary/aromatic N) is 3. The molecule has 150 valence electrons. The molecule has 0 spiro atoms. The summed E-state index contributed by atoms with van der Waals surface area (Å²) in [5.74, 6) is 0.921. The van der Waals surface area contributed by atoms with Crippen molar-refractivity contribution in [2.24, 2.45) is 5.92 Å². The molecule has 28 heavy (non-hydrogen) atoms. The van der Waals surface area contributed by atoms with Gasteiger partial charge in [-0.3, -0.25) is 0 Å². The van der Waals surface area contributed by atoms with Gasteiger partial charge in [0.1, 0.15) is 11.4 Å². The van der Waals surface area contributed by atoms with E-state index in [1.54, 1.807) is 11.1 Å². The number of rotatable bonds is 4. The molecule has 2 heterocycles. The molecule has 0 saturated carbocycles. The first-order chi connectivity index (χ1) is 13.2. The lowest BCUT2D eigenvalue weighted by Gasteiger charge is -2.24. The van der Waals surface area contributed by atoms with Crippen LogP contribution in [0, 0.1) is 5.92 Å². The number of carbonyl (C=O) groups excluding carboxylic acids is 1. The molecule has 3 rings (SSSR count). The van der Waals surface area contributed by atoms with Crippen LogP contribution < -0.4 is 5.32 Å². The van der Waals surface area contributed by atoms with Crippen molar-refractivity contribution in [1.82, 2.24) is 14.9 Å². The standard InChI is InChI=1S/C20H24Cl2N4O2/c1-20(2,3)28-19(27)26-9-8-13(12-26)10-23-17-15(11-24-18(22)25-17)14-6-4-5-7-16(14)21/h4-7,11,13H,8-10,12H2,1-3H3,(H,23,24,25)/t13-/m1/s1. The van der Waals surface area contributed by atoms with Crippen LogP contribution >= 0.6 is 23.2 Å². The van der Waals surface area contributed by atoms with Crippen molar-refractivity contribution in [3.8, 4) is 11.1 Å². The minimum absolute atomic E-state index is 0.167. The van der Waals surface area contributed by atoms with Gasteiger partial charge in [0.05, 0.1) is 0 Å². The predicted molar refractivity (Wildman–Crippen MR) is 112 cm³/mol. The topological polar surface area (TPSA) is 67.3 Å². The van der Waals surface area contributed by atoms with Gasteiger partial charge in [0, 0.05) is 42.0 Å². The molecule has 0 radical (unpaired) electrons. The largest absolute Gasteiger partial charge is 0.444 e. The quantitative estimate of drug-likeness (QED) is 0.692. The number of hydrogen-bond donors (Lipinski definition) is 1. The van der Waals surface area contributed by atoms with Gasteiger partial charge in [0.15, 0.2) is 0 Å². The summed E-state index contributed by atoms with van der Waals surface area (Å²) in [5, 5.41) is 4.14. The maximum Gasteiger partial charge on any atom is 0.410 e. The van der Waals surface area contributed by atoms with E-state index in [-0.39, 0.29) is 11.4 Å². The molecule has 1 atom stereocenters. The maximum absolute atomic E-state index is 12.2. The van der Waals surface area contributed by atoms with Crippen molar-refractivity contribution >= 4 is 35.1 Å². The highest BCUT2D eigenvalue weighted by atomic mass is 35.5. The van der Waals surface area contributed by atoms with Crippen LogP contribution in [0.15, 0.2) is 30.5 Å². The van der Waals surface area contributed by atoms with Crippen LogP contribution in [0.4, 0.5) is 10.6 Å². The second-order valence-electron chi connectivity index (χ2n) is 7.84. The number of benzene rings is 1. The molecule has 1 N–H and O–H groups in total. The summed E-state index contributed by atoms with van der Waals surface area (Å²) < 4.78 is 5.45. The molecular weight excluding hydrogens is 399 g/mol. The number of nitrogens with one attached hydrogen (secondary N) is 1. The smallest absolute Gasteiger partial charge is 0.410 e. The number of carbonyl (C=O) groups is 1. The summed E-state index contributed by atoms with van der Waals surface area (Å²) in [6, 6.07) is 7.53. The van der Waals surface area contributed by atoms with Gasteiger partial charge in [-0.1, -0.05) is 29.8 Å². The highest BCUT2D eigenvalue weighted by molar-refractivity contribution is 6.33. The summed E-state index contributed by atoms with van der Waals surface area (Å²) in [4.78, 5) is 22.4. The summed E-state index contributed by atoms with van der Waals surface area (Å²) in [6.07, 6.45) is 2.30. The average molecular weight is 423 g/mol. The second-order valence-corrected chi connectivity index (χ2v) is 8.59. The average Bonchev–Trinajstić information content (AvgIpc) is 3.09. The van der Waals surface area contributed by atoms with Crippen molar-refractivity contribution in [3.05, 3.63) is 40.8 Å². The Morgan fingerprint density at radius 2 is 2.04 bits per heavy atom. The first kappa shape index (κ1) is 20.7. The Labute approximate surface area is 175 Å². The van der Waals surface area contributed by atoms with Crippen molar-refractivity contribution < 1.29 is 9.53 Å². The zero-order valence-electron chi connectivity index (χ0n) is 16.2. The third-order valence-electron chi connectivity index (χ3n) is 4.42. The predicted octanol–water partition coefficient (Wildman–Crippen LogP) is 5.12. The Bertz CT molecular complexity index is 854. The fraction of sp³-hybridized carbons (Fsp3) is 0.450. The van der Waals surface area contributed by atoms with Gasteiger partial charge in [-0.05, 0) is 50.8 Å². The first-order valence-corrected chi connectivity index (χ1v) is 9.98. The fourth-order valence-electron chi connectivity index (χ4n) is 3.10. The van der Waals surface area contributed by atoms with Crippen LogP contribution in [0.2, 0.25) is 10.3 Å². The van der Waals surface area contributed by atoms with Gasteiger partial charge in [0.25, 0.3) is 0 Å². The van der Waals surface area contributed by atoms with E-state index in [9.17, 15) is 4.79 Å². The molecule has 1 aliphatic rings. The molecule has 1 aromatic carbocycles. The van der Waals surface area contributed by atoms with Crippen LogP contribution in [-0.2, 0) is 4.74 Å². The van der Waals surface area contributed by atoms with E-state index >= 15 is 0 Å². The zero-order valence-corrected chi connectivity index (χ0v) is 17.7. The summed E-state index contributed by atoms with van der Waals surface area (Å²) in [7, 11) is 0. The van der Waals surface area contributed by atoms with Crippen LogP contribution in [0.25, 0.3) is 11.1 Å². The van der Waals surface area contributed by atoms with Crippen LogP contribution in [0.1, 0.15) is 27.2 Å². The maximum atomic E-state index is 12.2. The van der Waals surface area contributed by atoms with Gasteiger partial charge in [-0.2, -0.15) is 0 Å². The van der Waals surface area contributed by atoms with E-state index in [1.807, 2.05) is 45.0 Å². The van der Waals surface area contributed by atoms with E-state index in [4.69, 9.17) is 27.9 Å². The van der Waals surface area contributed by atoms with Crippen molar-refractivity contribution in [2.75, 3.05) is 25.0 Å². The molecule has 0 unspecified atom stereocenters. The molecule has 1 saturated heterocycles. The van der Waals surface area contributed by atoms with Crippen molar-refractivity contribution in [2.45, 2.75) is 32.8 Å². The lowest BCUT2D eigenvalue weighted by Crippen LogP contribution is -2.35. The van der Waals surface area contributed by atoms with Gasteiger partial charge < -0.3 is 15.0 Å². The molecule has 0 bridgehead atoms. The Morgan fingerprint density at radius 3 is 2.75 bits per heavy atom. The van der Waals surface area contributed by atoms with Crippen molar-refractivity contribution in [3.63, 3.8) is 0 Å². The third kappa shape index (κ3) is 5.26. The number of anilines is 1. The Morgan fingerprint density at radius 1 is 1.29 bits per heavy atom. The van der Waals surface area contributed by atoms with Gasteiger partial charge >= 0.3 is 6.09 Å². The van der Waals surface area contributed by atoms with E-state index in [1.165, 1.54) is 0 Å². The first-order valence-electron chi connectivity index (χ1n) is 9.22. The van der Waals surface area contributed by atoms with E-state index in [0.717, 1.165) is 17.5 Å². The molecule has 6 nitrogen and oxygen atoms in total. The number of hydrogen-bond acceptors (Lipinski definition) is 5. The van der Waals surface area contributed by atoms with Gasteiger partial charge in [-0.15, -0.1) is 0 Å². The molecular formula is C20H24Cl2N4O2. The molecule has 0 aliphatic carbocycles. The molecule has 1 aliphatic heterocycles. The molecule has 8 heteroatoms. The number of aromatic nitrogens is 2. The van der Waals surface area contributed by atoms with Crippen LogP contribution in [0.5, 0.6) is 0 Å². The molecule has 1 amide bonds. The lowest BCUT2D eigenvalue weighted by atomic mass is 10.1. The monoisotopic (exact) mass is 422 g/mol. The number of amides is 1. The summed E-state index contributed by atoms with van der Waals surface area (Å²) in [6.45, 7) is 7.59. The number of likely N-dealkylation sites (tertiary alicyclic amines) is 1. The number of halogens is 2. The summed E-state index contributed by atoms with van der Waals surface area (Å²) in [5.41, 5.74) is 1.14. The highest BCUT2D eigenvalue weighted by Crippen LogP contribution is 2.32. The lowest BCUT2D eigenvalue weighted by molar-refractivity contribution is 0.0289. The summed E-state index contributed by atoms with van der Waals surface area (Å²) >= 11 is 12.3. The minimum Gasteiger partial charge on any atom is -0.444 e. The highest BCUT2D eigenvalue weighted by Gasteiger charge is 2.29. The van der Waals surface area contributed by atoms with Crippen molar-refractivity contribution in [1.29, 1.82) is 0 Å². The van der Waals surface area contributed by atoms with E-state index < -0.39 is 5.60 Å². The number of ether oxygens (including phenoxy) is 1. The second kappa shape index (κ2) is 8.53. The normalized spacial score (nSPS) is 16.9. The Kier molecular flexibility index (Phi) is 6.30. The van der Waals surface area contributed by atoms with Gasteiger partial charge in [-0.25, -0.2) is 14.8 Å². The molecule has 1 aromatic heterocycles. The molecule has 1 fully saturated rings. The van der Waals surface area contributed by atoms with Crippen LogP contribution in [0.3, 0.4) is 0 Å². The van der Waals surface area contributed by atoms with E-state index in [0.29, 0.717) is 36.4 Å². The van der Waals surface area contributed by atoms with Crippen LogP contribution in [-0.4, -0.2) is 46.2 Å². The van der Waals surface area contributed by atoms with Gasteiger partial charge in [0.2, 0.25) is 5.28 Å². The zero-order chi connectivity index (χ0) is 20.3. The SMILES string of the molecule is CC(C)(C)OC(=O)N1CC[C@H](CNc2nc(Cl)ncc2-c2ccccc2Cl)C1. The fourth-order valence-corrected chi connectivity index (χ4v) is 3.48. The minimum atomic E-state index is -0.491. The van der Waals surface area contributed by atoms with E-state index in [2.05, 4.69) is 15.3 Å². The Hall–Kier alpha value is -2.05. The third-order valence-corrected chi connectivity index (χ3v) is 4.93. The Balaban J connectivity index is 1.67.